The van der Waals surface area contributed by atoms with Crippen LogP contribution in [0.3, 0.4) is 0 Å². The maximum atomic E-state index is 6.45. The summed E-state index contributed by atoms with van der Waals surface area (Å²) in [4.78, 5) is 4.30. The first-order chi connectivity index (χ1) is 9.15. The zero-order valence-electron chi connectivity index (χ0n) is 11.2. The fourth-order valence-corrected chi connectivity index (χ4v) is 2.17. The van der Waals surface area contributed by atoms with Gasteiger partial charge in [0.15, 0.2) is 0 Å². The van der Waals surface area contributed by atoms with E-state index in [2.05, 4.69) is 4.98 Å². The van der Waals surface area contributed by atoms with Crippen LogP contribution in [0.4, 0.5) is 0 Å². The molecule has 19 heavy (non-hydrogen) atoms. The first-order valence-corrected chi connectivity index (χ1v) is 6.89. The van der Waals surface area contributed by atoms with E-state index < -0.39 is 0 Å². The average molecular weight is 276 g/mol. The Hall–Kier alpha value is -1.54. The molecule has 0 saturated heterocycles. The Bertz CT molecular complexity index is 513. The van der Waals surface area contributed by atoms with Gasteiger partial charge in [-0.1, -0.05) is 18.2 Å². The summed E-state index contributed by atoms with van der Waals surface area (Å²) in [6, 6.07) is 13.8. The molecule has 0 aliphatic rings. The Morgan fingerprint density at radius 2 is 2.00 bits per heavy atom. The number of hydrogen-bond donors (Lipinski definition) is 0. The van der Waals surface area contributed by atoms with Crippen molar-refractivity contribution in [3.8, 4) is 5.75 Å². The SMILES string of the molecule is CC(C)Oc1cccc(C(Cl)Cc2ccccn2)c1. The zero-order chi connectivity index (χ0) is 13.7. The summed E-state index contributed by atoms with van der Waals surface area (Å²) in [5.74, 6) is 0.860. The highest BCUT2D eigenvalue weighted by molar-refractivity contribution is 6.20. The van der Waals surface area contributed by atoms with Gasteiger partial charge in [-0.25, -0.2) is 0 Å². The van der Waals surface area contributed by atoms with Crippen LogP contribution >= 0.6 is 11.6 Å². The van der Waals surface area contributed by atoms with Crippen LogP contribution in [0.5, 0.6) is 5.75 Å². The lowest BCUT2D eigenvalue weighted by Crippen LogP contribution is -2.06. The molecular weight excluding hydrogens is 258 g/mol. The van der Waals surface area contributed by atoms with Crippen LogP contribution in [0.15, 0.2) is 48.7 Å². The molecular formula is C16H18ClNO. The van der Waals surface area contributed by atoms with Crippen molar-refractivity contribution in [3.63, 3.8) is 0 Å². The van der Waals surface area contributed by atoms with Gasteiger partial charge in [-0.2, -0.15) is 0 Å². The third-order valence-electron chi connectivity index (χ3n) is 2.71. The molecule has 0 saturated carbocycles. The minimum atomic E-state index is -0.0920. The normalized spacial score (nSPS) is 12.4. The summed E-state index contributed by atoms with van der Waals surface area (Å²) in [6.07, 6.45) is 2.67. The summed E-state index contributed by atoms with van der Waals surface area (Å²) in [5, 5.41) is -0.0920. The minimum Gasteiger partial charge on any atom is -0.491 e. The Labute approximate surface area is 119 Å². The quantitative estimate of drug-likeness (QED) is 0.755. The number of alkyl halides is 1. The van der Waals surface area contributed by atoms with Crippen LogP contribution < -0.4 is 4.74 Å². The number of ether oxygens (including phenoxy) is 1. The Kier molecular flexibility index (Phi) is 4.80. The highest BCUT2D eigenvalue weighted by Crippen LogP contribution is 2.27. The van der Waals surface area contributed by atoms with Gasteiger partial charge in [0.1, 0.15) is 5.75 Å². The molecule has 0 bridgehead atoms. The lowest BCUT2D eigenvalue weighted by Gasteiger charge is -2.13. The molecule has 0 aliphatic carbocycles. The topological polar surface area (TPSA) is 22.1 Å². The van der Waals surface area contributed by atoms with Crippen molar-refractivity contribution >= 4 is 11.6 Å². The first-order valence-electron chi connectivity index (χ1n) is 6.46. The second kappa shape index (κ2) is 6.58. The molecule has 0 radical (unpaired) electrons. The molecule has 3 heteroatoms. The Morgan fingerprint density at radius 3 is 2.68 bits per heavy atom. The van der Waals surface area contributed by atoms with E-state index in [0.29, 0.717) is 6.42 Å². The number of pyridine rings is 1. The smallest absolute Gasteiger partial charge is 0.120 e. The van der Waals surface area contributed by atoms with Crippen molar-refractivity contribution < 1.29 is 4.74 Å². The highest BCUT2D eigenvalue weighted by atomic mass is 35.5. The van der Waals surface area contributed by atoms with E-state index in [0.717, 1.165) is 17.0 Å². The summed E-state index contributed by atoms with van der Waals surface area (Å²) >= 11 is 6.45. The van der Waals surface area contributed by atoms with Gasteiger partial charge in [0, 0.05) is 18.3 Å². The van der Waals surface area contributed by atoms with Crippen LogP contribution in [0.2, 0.25) is 0 Å². The second-order valence-electron chi connectivity index (χ2n) is 4.73. The average Bonchev–Trinajstić information content (AvgIpc) is 2.39. The maximum absolute atomic E-state index is 6.45. The number of benzene rings is 1. The van der Waals surface area contributed by atoms with Crippen LogP contribution in [-0.2, 0) is 6.42 Å². The van der Waals surface area contributed by atoms with Gasteiger partial charge >= 0.3 is 0 Å². The van der Waals surface area contributed by atoms with Crippen molar-refractivity contribution in [2.75, 3.05) is 0 Å². The molecule has 1 heterocycles. The number of rotatable bonds is 5. The van der Waals surface area contributed by atoms with E-state index in [9.17, 15) is 0 Å². The Balaban J connectivity index is 2.08. The molecule has 0 N–H and O–H groups in total. The van der Waals surface area contributed by atoms with Crippen molar-refractivity contribution in [1.82, 2.24) is 4.98 Å². The molecule has 1 atom stereocenters. The predicted octanol–water partition coefficient (Wildman–Crippen LogP) is 4.39. The molecule has 2 nitrogen and oxygen atoms in total. The van der Waals surface area contributed by atoms with E-state index >= 15 is 0 Å². The Morgan fingerprint density at radius 1 is 1.16 bits per heavy atom. The second-order valence-corrected chi connectivity index (χ2v) is 5.26. The summed E-state index contributed by atoms with van der Waals surface area (Å²) in [6.45, 7) is 4.03. The van der Waals surface area contributed by atoms with Gasteiger partial charge < -0.3 is 4.74 Å². The lowest BCUT2D eigenvalue weighted by atomic mass is 10.1. The van der Waals surface area contributed by atoms with Crippen molar-refractivity contribution in [3.05, 3.63) is 59.9 Å². The highest BCUT2D eigenvalue weighted by Gasteiger charge is 2.11. The third kappa shape index (κ3) is 4.25. The zero-order valence-corrected chi connectivity index (χ0v) is 12.0. The molecule has 0 spiro atoms. The number of nitrogens with zero attached hydrogens (tertiary/aromatic N) is 1. The molecule has 1 unspecified atom stereocenters. The van der Waals surface area contributed by atoms with Crippen molar-refractivity contribution in [1.29, 1.82) is 0 Å². The maximum Gasteiger partial charge on any atom is 0.120 e. The molecule has 1 aromatic carbocycles. The van der Waals surface area contributed by atoms with Gasteiger partial charge in [0.05, 0.1) is 11.5 Å². The summed E-state index contributed by atoms with van der Waals surface area (Å²) in [5.41, 5.74) is 2.06. The van der Waals surface area contributed by atoms with E-state index in [-0.39, 0.29) is 11.5 Å². The predicted molar refractivity (Wildman–Crippen MR) is 78.7 cm³/mol. The van der Waals surface area contributed by atoms with Crippen LogP contribution in [0.25, 0.3) is 0 Å². The molecule has 1 aromatic heterocycles. The third-order valence-corrected chi connectivity index (χ3v) is 3.11. The van der Waals surface area contributed by atoms with Gasteiger partial charge in [-0.05, 0) is 43.7 Å². The van der Waals surface area contributed by atoms with Crippen molar-refractivity contribution in [2.45, 2.75) is 31.7 Å². The molecule has 0 aliphatic heterocycles. The monoisotopic (exact) mass is 275 g/mol. The van der Waals surface area contributed by atoms with Gasteiger partial charge in [0.25, 0.3) is 0 Å². The first kappa shape index (κ1) is 13.9. The van der Waals surface area contributed by atoms with E-state index in [4.69, 9.17) is 16.3 Å². The van der Waals surface area contributed by atoms with E-state index in [1.807, 2.05) is 56.3 Å². The summed E-state index contributed by atoms with van der Waals surface area (Å²) in [7, 11) is 0. The molecule has 0 amide bonds. The largest absolute Gasteiger partial charge is 0.491 e. The standard InChI is InChI=1S/C16H18ClNO/c1-12(2)19-15-8-5-6-13(10-15)16(17)11-14-7-3-4-9-18-14/h3-10,12,16H,11H2,1-2H3. The van der Waals surface area contributed by atoms with Gasteiger partial charge in [-0.3, -0.25) is 4.98 Å². The minimum absolute atomic E-state index is 0.0920. The number of hydrogen-bond acceptors (Lipinski definition) is 2. The number of halogens is 1. The van der Waals surface area contributed by atoms with Gasteiger partial charge in [0.2, 0.25) is 0 Å². The molecule has 0 fully saturated rings. The van der Waals surface area contributed by atoms with Crippen LogP contribution in [0, 0.1) is 0 Å². The number of aromatic nitrogens is 1. The fraction of sp³-hybridized carbons (Fsp3) is 0.312. The van der Waals surface area contributed by atoms with Gasteiger partial charge in [-0.15, -0.1) is 11.6 Å². The summed E-state index contributed by atoms with van der Waals surface area (Å²) < 4.78 is 5.68. The lowest BCUT2D eigenvalue weighted by molar-refractivity contribution is 0.242. The van der Waals surface area contributed by atoms with Crippen molar-refractivity contribution in [2.24, 2.45) is 0 Å². The van der Waals surface area contributed by atoms with Crippen LogP contribution in [-0.4, -0.2) is 11.1 Å². The molecule has 2 rings (SSSR count). The van der Waals surface area contributed by atoms with E-state index in [1.54, 1.807) is 6.20 Å². The van der Waals surface area contributed by atoms with E-state index in [1.165, 1.54) is 0 Å². The fourth-order valence-electron chi connectivity index (χ4n) is 1.88. The van der Waals surface area contributed by atoms with Crippen LogP contribution in [0.1, 0.15) is 30.5 Å². The molecule has 2 aromatic rings. The molecule has 100 valence electrons.